The topological polar surface area (TPSA) is 78.1 Å². The van der Waals surface area contributed by atoms with Crippen LogP contribution < -0.4 is 10.3 Å². The summed E-state index contributed by atoms with van der Waals surface area (Å²) in [5.41, 5.74) is 2.34. The van der Waals surface area contributed by atoms with E-state index in [1.807, 2.05) is 31.4 Å². The minimum Gasteiger partial charge on any atom is -0.457 e. The molecule has 4 heterocycles. The molecule has 0 amide bonds. The second kappa shape index (κ2) is 8.55. The van der Waals surface area contributed by atoms with Gasteiger partial charge in [-0.2, -0.15) is 5.10 Å². The summed E-state index contributed by atoms with van der Waals surface area (Å²) < 4.78 is 9.54. The van der Waals surface area contributed by atoms with Crippen molar-refractivity contribution in [2.24, 2.45) is 13.0 Å². The number of likely N-dealkylation sites (tertiary alicyclic amines) is 1. The Balaban J connectivity index is 1.39. The molecule has 0 radical (unpaired) electrons. The molecule has 0 spiro atoms. The summed E-state index contributed by atoms with van der Waals surface area (Å²) in [4.78, 5) is 24.4. The van der Waals surface area contributed by atoms with Crippen LogP contribution in [0.1, 0.15) is 12.8 Å². The first-order chi connectivity index (χ1) is 15.5. The zero-order chi connectivity index (χ0) is 22.1. The van der Waals surface area contributed by atoms with Gasteiger partial charge in [0.15, 0.2) is 0 Å². The van der Waals surface area contributed by atoms with E-state index in [-0.39, 0.29) is 5.56 Å². The monoisotopic (exact) mass is 430 g/mol. The third-order valence-electron chi connectivity index (χ3n) is 6.06. The number of hydrogen-bond acceptors (Lipinski definition) is 6. The maximum atomic E-state index is 13.2. The van der Waals surface area contributed by atoms with Crippen LogP contribution in [0, 0.1) is 5.92 Å². The highest BCUT2D eigenvalue weighted by Gasteiger charge is 2.18. The van der Waals surface area contributed by atoms with Gasteiger partial charge in [0.1, 0.15) is 11.5 Å². The Kier molecular flexibility index (Phi) is 5.45. The van der Waals surface area contributed by atoms with Gasteiger partial charge in [0.2, 0.25) is 0 Å². The molecule has 0 atom stereocenters. The zero-order valence-corrected chi connectivity index (χ0v) is 18.3. The van der Waals surface area contributed by atoms with Gasteiger partial charge in [0.25, 0.3) is 5.56 Å². The molecule has 5 rings (SSSR count). The maximum Gasteiger partial charge on any atom is 0.261 e. The van der Waals surface area contributed by atoms with Crippen LogP contribution in [0.5, 0.6) is 11.5 Å². The van der Waals surface area contributed by atoms with Crippen molar-refractivity contribution in [2.45, 2.75) is 19.4 Å². The van der Waals surface area contributed by atoms with Crippen LogP contribution in [0.4, 0.5) is 0 Å². The molecule has 1 aromatic carbocycles. The number of piperidine rings is 1. The molecule has 1 saturated heterocycles. The number of aromatic nitrogens is 5. The fourth-order valence-corrected chi connectivity index (χ4v) is 4.18. The Hall–Kier alpha value is -3.52. The number of fused-ring (bicyclic) bond motifs is 1. The molecule has 1 aliphatic rings. The molecule has 8 heteroatoms. The summed E-state index contributed by atoms with van der Waals surface area (Å²) in [6.07, 6.45) is 9.25. The lowest BCUT2D eigenvalue weighted by atomic mass is 9.97. The Morgan fingerprint density at radius 3 is 2.66 bits per heavy atom. The minimum absolute atomic E-state index is 0.0230. The molecule has 1 aliphatic heterocycles. The number of benzene rings is 1. The van der Waals surface area contributed by atoms with E-state index in [0.717, 1.165) is 37.2 Å². The summed E-state index contributed by atoms with van der Waals surface area (Å²) in [7, 11) is 4.01. The summed E-state index contributed by atoms with van der Waals surface area (Å²) in [6, 6.07) is 9.10. The number of aryl methyl sites for hydroxylation is 1. The molecule has 32 heavy (non-hydrogen) atoms. The van der Waals surface area contributed by atoms with Crippen molar-refractivity contribution in [3.63, 3.8) is 0 Å². The first kappa shape index (κ1) is 20.4. The fourth-order valence-electron chi connectivity index (χ4n) is 4.18. The lowest BCUT2D eigenvalue weighted by molar-refractivity contribution is 0.204. The molecular weight excluding hydrogens is 404 g/mol. The summed E-state index contributed by atoms with van der Waals surface area (Å²) >= 11 is 0. The van der Waals surface area contributed by atoms with Gasteiger partial charge in [-0.05, 0) is 63.2 Å². The Morgan fingerprint density at radius 2 is 1.88 bits per heavy atom. The number of nitrogens with zero attached hydrogens (tertiary/aromatic N) is 6. The van der Waals surface area contributed by atoms with Crippen molar-refractivity contribution in [2.75, 3.05) is 20.1 Å². The fraction of sp³-hybridized carbons (Fsp3) is 0.333. The van der Waals surface area contributed by atoms with Gasteiger partial charge >= 0.3 is 0 Å². The van der Waals surface area contributed by atoms with Crippen LogP contribution >= 0.6 is 0 Å². The first-order valence-electron chi connectivity index (χ1n) is 10.9. The normalized spacial score (nSPS) is 15.3. The molecule has 0 N–H and O–H groups in total. The van der Waals surface area contributed by atoms with E-state index in [2.05, 4.69) is 27.0 Å². The summed E-state index contributed by atoms with van der Waals surface area (Å²) in [5.74, 6) is 1.75. The van der Waals surface area contributed by atoms with Crippen LogP contribution in [-0.4, -0.2) is 49.4 Å². The molecule has 0 aliphatic carbocycles. The number of ether oxygens (including phenoxy) is 1. The average molecular weight is 431 g/mol. The van der Waals surface area contributed by atoms with E-state index in [1.165, 1.54) is 0 Å². The predicted molar refractivity (Wildman–Crippen MR) is 123 cm³/mol. The van der Waals surface area contributed by atoms with Gasteiger partial charge in [0.05, 0.1) is 29.1 Å². The van der Waals surface area contributed by atoms with Crippen molar-refractivity contribution in [1.29, 1.82) is 0 Å². The lowest BCUT2D eigenvalue weighted by Crippen LogP contribution is -2.34. The second-order valence-electron chi connectivity index (χ2n) is 8.51. The van der Waals surface area contributed by atoms with Gasteiger partial charge < -0.3 is 9.64 Å². The number of rotatable bonds is 5. The van der Waals surface area contributed by atoms with E-state index >= 15 is 0 Å². The molecule has 0 saturated carbocycles. The Labute approximate surface area is 186 Å². The van der Waals surface area contributed by atoms with Crippen molar-refractivity contribution in [1.82, 2.24) is 29.2 Å². The van der Waals surface area contributed by atoms with E-state index in [4.69, 9.17) is 4.74 Å². The third-order valence-corrected chi connectivity index (χ3v) is 6.06. The predicted octanol–water partition coefficient (Wildman–Crippen LogP) is 3.33. The molecule has 1 fully saturated rings. The quantitative estimate of drug-likeness (QED) is 0.483. The van der Waals surface area contributed by atoms with Crippen LogP contribution in [0.3, 0.4) is 0 Å². The average Bonchev–Trinajstić information content (AvgIpc) is 3.24. The van der Waals surface area contributed by atoms with Crippen LogP contribution in [0.15, 0.2) is 60.0 Å². The van der Waals surface area contributed by atoms with Crippen molar-refractivity contribution in [3.05, 3.63) is 65.6 Å². The van der Waals surface area contributed by atoms with Crippen molar-refractivity contribution < 1.29 is 4.74 Å². The summed E-state index contributed by atoms with van der Waals surface area (Å²) in [5, 5.41) is 4.76. The van der Waals surface area contributed by atoms with Gasteiger partial charge in [0, 0.05) is 37.6 Å². The van der Waals surface area contributed by atoms with E-state index in [9.17, 15) is 4.79 Å². The number of hydrogen-bond donors (Lipinski definition) is 0. The highest BCUT2D eigenvalue weighted by molar-refractivity contribution is 5.79. The first-order valence-corrected chi connectivity index (χ1v) is 10.9. The van der Waals surface area contributed by atoms with Gasteiger partial charge in [-0.1, -0.05) is 0 Å². The van der Waals surface area contributed by atoms with E-state index in [1.54, 1.807) is 40.1 Å². The second-order valence-corrected chi connectivity index (χ2v) is 8.51. The smallest absolute Gasteiger partial charge is 0.261 e. The third kappa shape index (κ3) is 4.27. The molecule has 0 bridgehead atoms. The Bertz CT molecular complexity index is 1300. The molecule has 0 unspecified atom stereocenters. The van der Waals surface area contributed by atoms with Gasteiger partial charge in [-0.25, -0.2) is 4.98 Å². The molecule has 4 aromatic rings. The molecule has 3 aromatic heterocycles. The Morgan fingerprint density at radius 1 is 1.06 bits per heavy atom. The highest BCUT2D eigenvalue weighted by Crippen LogP contribution is 2.27. The lowest BCUT2D eigenvalue weighted by Gasteiger charge is -2.29. The van der Waals surface area contributed by atoms with Gasteiger partial charge in [-0.15, -0.1) is 0 Å². The minimum atomic E-state index is -0.0230. The highest BCUT2D eigenvalue weighted by atomic mass is 16.5. The van der Waals surface area contributed by atoms with E-state index < -0.39 is 0 Å². The largest absolute Gasteiger partial charge is 0.457 e. The summed E-state index contributed by atoms with van der Waals surface area (Å²) in [6.45, 7) is 2.86. The maximum absolute atomic E-state index is 13.2. The molecule has 164 valence electrons. The van der Waals surface area contributed by atoms with Crippen molar-refractivity contribution in [3.8, 4) is 22.8 Å². The van der Waals surface area contributed by atoms with Crippen LogP contribution in [0.2, 0.25) is 0 Å². The van der Waals surface area contributed by atoms with Crippen LogP contribution in [0.25, 0.3) is 22.2 Å². The molecular formula is C24H26N6O2. The van der Waals surface area contributed by atoms with Gasteiger partial charge in [-0.3, -0.25) is 19.0 Å². The van der Waals surface area contributed by atoms with E-state index in [0.29, 0.717) is 34.9 Å². The van der Waals surface area contributed by atoms with Crippen LogP contribution in [-0.2, 0) is 13.6 Å². The molecule has 8 nitrogen and oxygen atoms in total. The van der Waals surface area contributed by atoms with Crippen molar-refractivity contribution >= 4 is 10.9 Å². The number of pyridine rings is 1. The standard InChI is InChI=1S/C24H26N6O2/c1-28-9-6-17(7-10-28)14-30-16-26-22-4-3-19(11-21(22)24(30)31)32-20-5-8-25-23(12-20)18-13-27-29(2)15-18/h3-5,8,11-13,15-17H,6-7,9-10,14H2,1-2H3. The zero-order valence-electron chi connectivity index (χ0n) is 18.3. The SMILES string of the molecule is CN1CCC(Cn2cnc3ccc(Oc4ccnc(-c5cnn(C)c5)c4)cc3c2=O)CC1.